The molecule has 0 aliphatic rings. The summed E-state index contributed by atoms with van der Waals surface area (Å²) in [6.45, 7) is 1.77. The third-order valence-corrected chi connectivity index (χ3v) is 2.93. The second-order valence-electron chi connectivity index (χ2n) is 4.36. The minimum Gasteiger partial charge on any atom is -0.478 e. The number of carbonyl (C=O) groups is 2. The zero-order chi connectivity index (χ0) is 15.2. The first-order valence-corrected chi connectivity index (χ1v) is 6.31. The molecule has 21 heavy (non-hydrogen) atoms. The molecule has 2 N–H and O–H groups in total. The molecule has 5 heteroatoms. The molecule has 0 atom stereocenters. The molecule has 0 aliphatic heterocycles. The van der Waals surface area contributed by atoms with Gasteiger partial charge < -0.3 is 10.4 Å². The number of aromatic nitrogens is 1. The number of aliphatic carboxylic acids is 1. The molecule has 0 radical (unpaired) electrons. The average molecular weight is 282 g/mol. The summed E-state index contributed by atoms with van der Waals surface area (Å²) in [6.07, 6.45) is 4.10. The van der Waals surface area contributed by atoms with Crippen LogP contribution < -0.4 is 5.32 Å². The van der Waals surface area contributed by atoms with Crippen LogP contribution in [0.25, 0.3) is 6.08 Å². The Bertz CT molecular complexity index is 694. The molecule has 0 spiro atoms. The summed E-state index contributed by atoms with van der Waals surface area (Å²) in [5.74, 6) is -0.845. The molecule has 0 unspecified atom stereocenters. The summed E-state index contributed by atoms with van der Waals surface area (Å²) >= 11 is 0. The monoisotopic (exact) mass is 282 g/mol. The normalized spacial score (nSPS) is 10.5. The summed E-state index contributed by atoms with van der Waals surface area (Å²) in [7, 11) is 0. The highest BCUT2D eigenvalue weighted by Gasteiger charge is 2.11. The molecule has 0 saturated carbocycles. The molecule has 0 aliphatic carbocycles. The Morgan fingerprint density at radius 2 is 2.00 bits per heavy atom. The van der Waals surface area contributed by atoms with Gasteiger partial charge in [0.1, 0.15) is 5.82 Å². The van der Waals surface area contributed by atoms with Crippen LogP contribution in [0.15, 0.2) is 48.7 Å². The van der Waals surface area contributed by atoms with Gasteiger partial charge in [0.05, 0.1) is 0 Å². The van der Waals surface area contributed by atoms with Gasteiger partial charge in [0, 0.05) is 17.8 Å². The van der Waals surface area contributed by atoms with E-state index < -0.39 is 5.97 Å². The van der Waals surface area contributed by atoms with Crippen molar-refractivity contribution in [3.63, 3.8) is 0 Å². The maximum atomic E-state index is 12.2. The quantitative estimate of drug-likeness (QED) is 0.845. The maximum Gasteiger partial charge on any atom is 0.328 e. The van der Waals surface area contributed by atoms with E-state index in [1.807, 2.05) is 0 Å². The van der Waals surface area contributed by atoms with Gasteiger partial charge in [-0.25, -0.2) is 9.78 Å². The Balaban J connectivity index is 2.26. The second-order valence-corrected chi connectivity index (χ2v) is 4.36. The van der Waals surface area contributed by atoms with Gasteiger partial charge in [-0.1, -0.05) is 18.2 Å². The Hall–Kier alpha value is -2.95. The number of amides is 1. The van der Waals surface area contributed by atoms with Gasteiger partial charge in [-0.3, -0.25) is 4.79 Å². The number of carbonyl (C=O) groups excluding carboxylic acids is 1. The third-order valence-electron chi connectivity index (χ3n) is 2.93. The van der Waals surface area contributed by atoms with Crippen molar-refractivity contribution in [1.29, 1.82) is 0 Å². The summed E-state index contributed by atoms with van der Waals surface area (Å²) in [5, 5.41) is 11.4. The lowest BCUT2D eigenvalue weighted by Gasteiger charge is -2.09. The van der Waals surface area contributed by atoms with Crippen LogP contribution in [0.2, 0.25) is 0 Å². The number of hydrogen-bond acceptors (Lipinski definition) is 3. The number of pyridine rings is 1. The molecule has 1 aromatic heterocycles. The Labute approximate surface area is 122 Å². The molecule has 2 aromatic rings. The fourth-order valence-corrected chi connectivity index (χ4v) is 1.86. The van der Waals surface area contributed by atoms with E-state index in [0.29, 0.717) is 22.5 Å². The van der Waals surface area contributed by atoms with Gasteiger partial charge in [-0.2, -0.15) is 0 Å². The molecule has 0 saturated heterocycles. The molecule has 1 aromatic carbocycles. The van der Waals surface area contributed by atoms with Crippen LogP contribution in [-0.4, -0.2) is 22.0 Å². The smallest absolute Gasteiger partial charge is 0.328 e. The van der Waals surface area contributed by atoms with E-state index in [4.69, 9.17) is 5.11 Å². The average Bonchev–Trinajstić information content (AvgIpc) is 2.47. The van der Waals surface area contributed by atoms with E-state index >= 15 is 0 Å². The van der Waals surface area contributed by atoms with Crippen molar-refractivity contribution in [2.75, 3.05) is 5.32 Å². The summed E-state index contributed by atoms with van der Waals surface area (Å²) in [5.41, 5.74) is 1.88. The third kappa shape index (κ3) is 3.76. The topological polar surface area (TPSA) is 79.3 Å². The lowest BCUT2D eigenvalue weighted by atomic mass is 10.0. The van der Waals surface area contributed by atoms with Crippen LogP contribution in [-0.2, 0) is 4.79 Å². The Kier molecular flexibility index (Phi) is 4.46. The van der Waals surface area contributed by atoms with Gasteiger partial charge in [0.2, 0.25) is 0 Å². The van der Waals surface area contributed by atoms with Gasteiger partial charge in [0.25, 0.3) is 5.91 Å². The predicted molar refractivity (Wildman–Crippen MR) is 80.0 cm³/mol. The van der Waals surface area contributed by atoms with E-state index in [1.54, 1.807) is 49.5 Å². The van der Waals surface area contributed by atoms with Crippen LogP contribution in [0.4, 0.5) is 5.82 Å². The highest BCUT2D eigenvalue weighted by atomic mass is 16.4. The highest BCUT2D eigenvalue weighted by molar-refractivity contribution is 6.05. The molecule has 0 fully saturated rings. The number of nitrogens with zero attached hydrogens (tertiary/aromatic N) is 1. The van der Waals surface area contributed by atoms with Crippen molar-refractivity contribution >= 4 is 23.8 Å². The van der Waals surface area contributed by atoms with Gasteiger partial charge in [0.15, 0.2) is 0 Å². The van der Waals surface area contributed by atoms with Crippen LogP contribution in [0.3, 0.4) is 0 Å². The summed E-state index contributed by atoms with van der Waals surface area (Å²) in [4.78, 5) is 26.8. The van der Waals surface area contributed by atoms with E-state index in [9.17, 15) is 9.59 Å². The molecule has 1 amide bonds. The van der Waals surface area contributed by atoms with Crippen LogP contribution in [0.5, 0.6) is 0 Å². The molecule has 2 rings (SSSR count). The van der Waals surface area contributed by atoms with Gasteiger partial charge >= 0.3 is 5.97 Å². The van der Waals surface area contributed by atoms with E-state index in [2.05, 4.69) is 10.3 Å². The minimum atomic E-state index is -1.03. The van der Waals surface area contributed by atoms with Gasteiger partial charge in [-0.05, 0) is 42.3 Å². The predicted octanol–water partition coefficient (Wildman–Crippen LogP) is 2.74. The number of anilines is 1. The first kappa shape index (κ1) is 14.5. The second kappa shape index (κ2) is 6.47. The highest BCUT2D eigenvalue weighted by Crippen LogP contribution is 2.16. The zero-order valence-electron chi connectivity index (χ0n) is 11.4. The van der Waals surface area contributed by atoms with Crippen LogP contribution in [0.1, 0.15) is 21.5 Å². The van der Waals surface area contributed by atoms with E-state index in [1.165, 1.54) is 6.08 Å². The maximum absolute atomic E-state index is 12.2. The molecular formula is C16H14N2O3. The van der Waals surface area contributed by atoms with Crippen LogP contribution >= 0.6 is 0 Å². The number of carboxylic acid groups (broad SMARTS) is 1. The van der Waals surface area contributed by atoms with E-state index in [0.717, 1.165) is 6.08 Å². The number of nitrogens with one attached hydrogen (secondary N) is 1. The van der Waals surface area contributed by atoms with Crippen molar-refractivity contribution in [2.45, 2.75) is 6.92 Å². The van der Waals surface area contributed by atoms with Crippen molar-refractivity contribution in [1.82, 2.24) is 4.98 Å². The SMILES string of the molecule is Cc1c(C=CC(=O)O)cccc1C(=O)Nc1ccccn1. The molecular weight excluding hydrogens is 268 g/mol. The van der Waals surface area contributed by atoms with Crippen molar-refractivity contribution in [3.05, 3.63) is 65.4 Å². The number of carboxylic acids is 1. The Morgan fingerprint density at radius 1 is 1.19 bits per heavy atom. The molecule has 5 nitrogen and oxygen atoms in total. The lowest BCUT2D eigenvalue weighted by molar-refractivity contribution is -0.131. The van der Waals surface area contributed by atoms with Gasteiger partial charge in [-0.15, -0.1) is 0 Å². The minimum absolute atomic E-state index is 0.281. The van der Waals surface area contributed by atoms with E-state index in [-0.39, 0.29) is 5.91 Å². The Morgan fingerprint density at radius 3 is 2.67 bits per heavy atom. The van der Waals surface area contributed by atoms with Crippen LogP contribution in [0, 0.1) is 6.92 Å². The fourth-order valence-electron chi connectivity index (χ4n) is 1.86. The largest absolute Gasteiger partial charge is 0.478 e. The number of benzene rings is 1. The zero-order valence-corrected chi connectivity index (χ0v) is 11.4. The van der Waals surface area contributed by atoms with Crippen molar-refractivity contribution in [3.8, 4) is 0 Å². The lowest BCUT2D eigenvalue weighted by Crippen LogP contribution is -2.14. The fraction of sp³-hybridized carbons (Fsp3) is 0.0625. The van der Waals surface area contributed by atoms with Crippen molar-refractivity contribution < 1.29 is 14.7 Å². The first-order chi connectivity index (χ1) is 10.1. The molecule has 1 heterocycles. The first-order valence-electron chi connectivity index (χ1n) is 6.31. The molecule has 0 bridgehead atoms. The summed E-state index contributed by atoms with van der Waals surface area (Å²) < 4.78 is 0. The summed E-state index contributed by atoms with van der Waals surface area (Å²) in [6, 6.07) is 10.4. The standard InChI is InChI=1S/C16H14N2O3/c1-11-12(8-9-15(19)20)5-4-6-13(11)16(21)18-14-7-2-3-10-17-14/h2-10H,1H3,(H,19,20)(H,17,18,21). The number of rotatable bonds is 4. The van der Waals surface area contributed by atoms with Crippen molar-refractivity contribution in [2.24, 2.45) is 0 Å². The molecule has 106 valence electrons. The number of hydrogen-bond donors (Lipinski definition) is 2.